The predicted molar refractivity (Wildman–Crippen MR) is 58.7 cm³/mol. The Balaban J connectivity index is 1.93. The second kappa shape index (κ2) is 5.27. The van der Waals surface area contributed by atoms with Crippen molar-refractivity contribution in [3.05, 3.63) is 18.0 Å². The number of hydrogen-bond donors (Lipinski definition) is 1. The van der Waals surface area contributed by atoms with Crippen LogP contribution < -0.4 is 0 Å². The average molecular weight is 240 g/mol. The molecule has 16 heavy (non-hydrogen) atoms. The van der Waals surface area contributed by atoms with Gasteiger partial charge >= 0.3 is 5.97 Å². The van der Waals surface area contributed by atoms with Gasteiger partial charge in [-0.15, -0.1) is 0 Å². The van der Waals surface area contributed by atoms with Crippen LogP contribution in [0.5, 0.6) is 0 Å². The molecular weight excluding hydrogens is 228 g/mol. The molecule has 1 fully saturated rings. The van der Waals surface area contributed by atoms with Crippen LogP contribution in [0.2, 0.25) is 0 Å². The van der Waals surface area contributed by atoms with Gasteiger partial charge in [0, 0.05) is 18.6 Å². The summed E-state index contributed by atoms with van der Waals surface area (Å²) in [5.41, 5.74) is 0.0323. The molecule has 2 heterocycles. The number of ether oxygens (including phenoxy) is 1. The van der Waals surface area contributed by atoms with Crippen molar-refractivity contribution in [2.24, 2.45) is 0 Å². The summed E-state index contributed by atoms with van der Waals surface area (Å²) in [7, 11) is 0. The second-order valence-corrected chi connectivity index (χ2v) is 4.46. The van der Waals surface area contributed by atoms with Crippen molar-refractivity contribution >= 4 is 17.7 Å². The largest absolute Gasteiger partial charge is 0.477 e. The zero-order valence-electron chi connectivity index (χ0n) is 8.63. The second-order valence-electron chi connectivity index (χ2n) is 3.48. The Morgan fingerprint density at radius 3 is 3.25 bits per heavy atom. The first-order chi connectivity index (χ1) is 7.75. The average Bonchev–Trinajstić information content (AvgIpc) is 2.79. The highest BCUT2D eigenvalue weighted by molar-refractivity contribution is 7.99. The molecule has 0 amide bonds. The van der Waals surface area contributed by atoms with Crippen LogP contribution in [0.25, 0.3) is 0 Å². The first-order valence-electron chi connectivity index (χ1n) is 5.06. The van der Waals surface area contributed by atoms with Gasteiger partial charge in [-0.2, -0.15) is 0 Å². The van der Waals surface area contributed by atoms with Crippen LogP contribution in [0.15, 0.2) is 17.4 Å². The molecule has 0 spiro atoms. The third-order valence-corrected chi connectivity index (χ3v) is 3.27. The van der Waals surface area contributed by atoms with Gasteiger partial charge in [-0.1, -0.05) is 11.8 Å². The number of aromatic nitrogens is 2. The summed E-state index contributed by atoms with van der Waals surface area (Å²) < 4.78 is 5.46. The molecule has 0 aliphatic carbocycles. The van der Waals surface area contributed by atoms with Gasteiger partial charge in [0.25, 0.3) is 0 Å². The number of carboxylic acids is 1. The molecule has 6 heteroatoms. The number of carboxylic acid groups (broad SMARTS) is 1. The maximum absolute atomic E-state index is 10.7. The smallest absolute Gasteiger partial charge is 0.354 e. The third kappa shape index (κ3) is 2.93. The van der Waals surface area contributed by atoms with E-state index in [1.54, 1.807) is 0 Å². The summed E-state index contributed by atoms with van der Waals surface area (Å²) in [6.45, 7) is 0.821. The number of hydrogen-bond acceptors (Lipinski definition) is 5. The number of nitrogens with zero attached hydrogens (tertiary/aromatic N) is 2. The normalized spacial score (nSPS) is 19.9. The van der Waals surface area contributed by atoms with E-state index in [0.717, 1.165) is 25.2 Å². The van der Waals surface area contributed by atoms with E-state index in [9.17, 15) is 4.79 Å². The van der Waals surface area contributed by atoms with Gasteiger partial charge in [-0.25, -0.2) is 14.8 Å². The zero-order chi connectivity index (χ0) is 11.4. The van der Waals surface area contributed by atoms with E-state index in [2.05, 4.69) is 9.97 Å². The molecule has 0 radical (unpaired) electrons. The molecular formula is C10H12N2O3S. The monoisotopic (exact) mass is 240 g/mol. The van der Waals surface area contributed by atoms with Gasteiger partial charge in [0.15, 0.2) is 10.9 Å². The van der Waals surface area contributed by atoms with Crippen molar-refractivity contribution in [3.8, 4) is 0 Å². The molecule has 86 valence electrons. The van der Waals surface area contributed by atoms with Crippen LogP contribution in [-0.2, 0) is 4.74 Å². The highest BCUT2D eigenvalue weighted by atomic mass is 32.2. The van der Waals surface area contributed by atoms with Crippen LogP contribution >= 0.6 is 11.8 Å². The van der Waals surface area contributed by atoms with Crippen LogP contribution in [-0.4, -0.2) is 39.5 Å². The van der Waals surface area contributed by atoms with E-state index in [1.165, 1.54) is 24.0 Å². The molecule has 1 aliphatic rings. The van der Waals surface area contributed by atoms with Crippen molar-refractivity contribution in [3.63, 3.8) is 0 Å². The van der Waals surface area contributed by atoms with E-state index < -0.39 is 5.97 Å². The fraction of sp³-hybridized carbons (Fsp3) is 0.500. The highest BCUT2D eigenvalue weighted by Crippen LogP contribution is 2.20. The fourth-order valence-corrected chi connectivity index (χ4v) is 2.37. The standard InChI is InChI=1S/C10H12N2O3S/c13-9(14)8-3-4-11-10(12-8)16-6-7-2-1-5-15-7/h3-4,7H,1-2,5-6H2,(H,13,14). The van der Waals surface area contributed by atoms with Gasteiger partial charge in [-0.05, 0) is 18.9 Å². The van der Waals surface area contributed by atoms with Crippen molar-refractivity contribution < 1.29 is 14.6 Å². The molecule has 1 aromatic rings. The van der Waals surface area contributed by atoms with E-state index in [4.69, 9.17) is 9.84 Å². The lowest BCUT2D eigenvalue weighted by atomic mass is 10.3. The topological polar surface area (TPSA) is 72.3 Å². The Kier molecular flexibility index (Phi) is 3.74. The maximum Gasteiger partial charge on any atom is 0.354 e. The van der Waals surface area contributed by atoms with Crippen LogP contribution in [0, 0.1) is 0 Å². The van der Waals surface area contributed by atoms with Gasteiger partial charge in [0.05, 0.1) is 6.10 Å². The first kappa shape index (κ1) is 11.3. The summed E-state index contributed by atoms with van der Waals surface area (Å²) in [6.07, 6.45) is 3.88. The van der Waals surface area contributed by atoms with Gasteiger partial charge in [0.1, 0.15) is 0 Å². The quantitative estimate of drug-likeness (QED) is 0.634. The lowest BCUT2D eigenvalue weighted by Crippen LogP contribution is -2.09. The number of carbonyl (C=O) groups is 1. The Bertz CT molecular complexity index is 380. The summed E-state index contributed by atoms with van der Waals surface area (Å²) >= 11 is 1.44. The molecule has 1 N–H and O–H groups in total. The van der Waals surface area contributed by atoms with E-state index in [0.29, 0.717) is 5.16 Å². The maximum atomic E-state index is 10.7. The number of thioether (sulfide) groups is 1. The molecule has 1 saturated heterocycles. The molecule has 0 saturated carbocycles. The van der Waals surface area contributed by atoms with Gasteiger partial charge < -0.3 is 9.84 Å². The van der Waals surface area contributed by atoms with Gasteiger partial charge in [-0.3, -0.25) is 0 Å². The molecule has 2 rings (SSSR count). The van der Waals surface area contributed by atoms with Gasteiger partial charge in [0.2, 0.25) is 0 Å². The van der Waals surface area contributed by atoms with Crippen LogP contribution in [0.3, 0.4) is 0 Å². The minimum atomic E-state index is -1.03. The van der Waals surface area contributed by atoms with Crippen LogP contribution in [0.4, 0.5) is 0 Å². The van der Waals surface area contributed by atoms with Crippen molar-refractivity contribution in [2.45, 2.75) is 24.1 Å². The first-order valence-corrected chi connectivity index (χ1v) is 6.05. The lowest BCUT2D eigenvalue weighted by molar-refractivity contribution is 0.0689. The summed E-state index contributed by atoms with van der Waals surface area (Å²) in [5, 5.41) is 9.26. The highest BCUT2D eigenvalue weighted by Gasteiger charge is 2.16. The molecule has 5 nitrogen and oxygen atoms in total. The number of rotatable bonds is 4. The molecule has 0 aromatic carbocycles. The Labute approximate surface area is 97.2 Å². The molecule has 0 bridgehead atoms. The van der Waals surface area contributed by atoms with Crippen molar-refractivity contribution in [1.82, 2.24) is 9.97 Å². The van der Waals surface area contributed by atoms with E-state index in [1.807, 2.05) is 0 Å². The van der Waals surface area contributed by atoms with Crippen LogP contribution in [0.1, 0.15) is 23.3 Å². The van der Waals surface area contributed by atoms with E-state index in [-0.39, 0.29) is 11.8 Å². The fourth-order valence-electron chi connectivity index (χ4n) is 1.47. The Morgan fingerprint density at radius 1 is 1.69 bits per heavy atom. The summed E-state index contributed by atoms with van der Waals surface area (Å²) in [4.78, 5) is 18.6. The molecule has 1 unspecified atom stereocenters. The van der Waals surface area contributed by atoms with Crippen molar-refractivity contribution in [1.29, 1.82) is 0 Å². The summed E-state index contributed by atoms with van der Waals surface area (Å²) in [5.74, 6) is -0.246. The number of aromatic carboxylic acids is 1. The molecule has 1 atom stereocenters. The summed E-state index contributed by atoms with van der Waals surface area (Å²) in [6, 6.07) is 1.39. The SMILES string of the molecule is O=C(O)c1ccnc(SCC2CCCO2)n1. The van der Waals surface area contributed by atoms with E-state index >= 15 is 0 Å². The predicted octanol–water partition coefficient (Wildman–Crippen LogP) is 1.45. The molecule has 1 aliphatic heterocycles. The Morgan fingerprint density at radius 2 is 2.56 bits per heavy atom. The Hall–Kier alpha value is -1.14. The minimum absolute atomic E-state index is 0.0323. The molecule has 1 aromatic heterocycles. The lowest BCUT2D eigenvalue weighted by Gasteiger charge is -2.07. The third-order valence-electron chi connectivity index (χ3n) is 2.27. The zero-order valence-corrected chi connectivity index (χ0v) is 9.44. The minimum Gasteiger partial charge on any atom is -0.477 e. The van der Waals surface area contributed by atoms with Crippen molar-refractivity contribution in [2.75, 3.05) is 12.4 Å².